The van der Waals surface area contributed by atoms with Crippen molar-refractivity contribution < 1.29 is 0 Å². The molecular formula is C14H31N3. The van der Waals surface area contributed by atoms with Crippen molar-refractivity contribution in [3.63, 3.8) is 0 Å². The van der Waals surface area contributed by atoms with Gasteiger partial charge < -0.3 is 5.32 Å². The topological polar surface area (TPSA) is 18.5 Å². The lowest BCUT2D eigenvalue weighted by Crippen LogP contribution is -2.57. The number of rotatable bonds is 6. The van der Waals surface area contributed by atoms with E-state index in [4.69, 9.17) is 0 Å². The van der Waals surface area contributed by atoms with E-state index in [1.54, 1.807) is 0 Å². The maximum Gasteiger partial charge on any atom is 0.0219 e. The van der Waals surface area contributed by atoms with E-state index in [9.17, 15) is 0 Å². The van der Waals surface area contributed by atoms with Gasteiger partial charge in [0, 0.05) is 37.8 Å². The average Bonchev–Trinajstić information content (AvgIpc) is 2.34. The molecular weight excluding hydrogens is 210 g/mol. The minimum absolute atomic E-state index is 0.593. The van der Waals surface area contributed by atoms with Crippen LogP contribution in [-0.2, 0) is 0 Å². The molecule has 1 heterocycles. The number of likely N-dealkylation sites (N-methyl/N-ethyl adjacent to an activating group) is 1. The van der Waals surface area contributed by atoms with Crippen LogP contribution in [0.15, 0.2) is 0 Å². The Morgan fingerprint density at radius 3 is 2.47 bits per heavy atom. The van der Waals surface area contributed by atoms with Crippen LogP contribution >= 0.6 is 0 Å². The highest BCUT2D eigenvalue weighted by Crippen LogP contribution is 2.13. The minimum atomic E-state index is 0.593. The van der Waals surface area contributed by atoms with Crippen LogP contribution in [0, 0.1) is 0 Å². The fourth-order valence-electron chi connectivity index (χ4n) is 2.72. The summed E-state index contributed by atoms with van der Waals surface area (Å²) in [4.78, 5) is 5.22. The molecule has 0 radical (unpaired) electrons. The number of piperazine rings is 1. The first kappa shape index (κ1) is 14.9. The molecule has 0 aromatic carbocycles. The smallest absolute Gasteiger partial charge is 0.0219 e. The summed E-state index contributed by atoms with van der Waals surface area (Å²) >= 11 is 0. The fourth-order valence-corrected chi connectivity index (χ4v) is 2.72. The number of nitrogens with one attached hydrogen (secondary N) is 1. The van der Waals surface area contributed by atoms with Gasteiger partial charge in [0.15, 0.2) is 0 Å². The lowest BCUT2D eigenvalue weighted by molar-refractivity contribution is 0.0537. The minimum Gasteiger partial charge on any atom is -0.313 e. The standard InChI is InChI=1S/C14H31N3/c1-6-8-15-13(4)14(5)17-10-9-16(7-2)12(3)11-17/h12-15H,6-11H2,1-5H3. The molecule has 1 aliphatic rings. The van der Waals surface area contributed by atoms with Crippen molar-refractivity contribution in [2.24, 2.45) is 0 Å². The van der Waals surface area contributed by atoms with Gasteiger partial charge in [0.2, 0.25) is 0 Å². The first-order valence-electron chi connectivity index (χ1n) is 7.31. The summed E-state index contributed by atoms with van der Waals surface area (Å²) in [6.45, 7) is 17.5. The van der Waals surface area contributed by atoms with Gasteiger partial charge >= 0.3 is 0 Å². The highest BCUT2D eigenvalue weighted by Gasteiger charge is 2.27. The Labute approximate surface area is 108 Å². The molecule has 102 valence electrons. The van der Waals surface area contributed by atoms with Crippen LogP contribution in [-0.4, -0.2) is 60.6 Å². The normalized spacial score (nSPS) is 27.0. The van der Waals surface area contributed by atoms with Gasteiger partial charge in [-0.1, -0.05) is 13.8 Å². The lowest BCUT2D eigenvalue weighted by Gasteiger charge is -2.43. The second kappa shape index (κ2) is 7.34. The van der Waals surface area contributed by atoms with Crippen LogP contribution in [0.25, 0.3) is 0 Å². The van der Waals surface area contributed by atoms with E-state index in [0.29, 0.717) is 18.1 Å². The molecule has 0 bridgehead atoms. The molecule has 3 nitrogen and oxygen atoms in total. The second-order valence-corrected chi connectivity index (χ2v) is 5.46. The number of hydrogen-bond acceptors (Lipinski definition) is 3. The first-order valence-corrected chi connectivity index (χ1v) is 7.31. The van der Waals surface area contributed by atoms with Crippen molar-refractivity contribution in [1.82, 2.24) is 15.1 Å². The Morgan fingerprint density at radius 1 is 1.24 bits per heavy atom. The Balaban J connectivity index is 2.40. The van der Waals surface area contributed by atoms with Gasteiger partial charge in [-0.2, -0.15) is 0 Å². The Kier molecular flexibility index (Phi) is 6.45. The molecule has 1 rings (SSSR count). The maximum absolute atomic E-state index is 3.61. The van der Waals surface area contributed by atoms with Gasteiger partial charge in [0.25, 0.3) is 0 Å². The maximum atomic E-state index is 3.61. The summed E-state index contributed by atoms with van der Waals surface area (Å²) in [5, 5.41) is 3.61. The monoisotopic (exact) mass is 241 g/mol. The molecule has 17 heavy (non-hydrogen) atoms. The Hall–Kier alpha value is -0.120. The highest BCUT2D eigenvalue weighted by molar-refractivity contribution is 4.85. The predicted molar refractivity (Wildman–Crippen MR) is 75.5 cm³/mol. The van der Waals surface area contributed by atoms with Crippen molar-refractivity contribution in [3.05, 3.63) is 0 Å². The van der Waals surface area contributed by atoms with Crippen LogP contribution in [0.2, 0.25) is 0 Å². The third-order valence-electron chi connectivity index (χ3n) is 4.22. The van der Waals surface area contributed by atoms with Crippen LogP contribution in [0.3, 0.4) is 0 Å². The van der Waals surface area contributed by atoms with Crippen molar-refractivity contribution in [2.75, 3.05) is 32.7 Å². The van der Waals surface area contributed by atoms with Gasteiger partial charge in [0.05, 0.1) is 0 Å². The van der Waals surface area contributed by atoms with Gasteiger partial charge in [-0.05, 0) is 40.3 Å². The van der Waals surface area contributed by atoms with Crippen LogP contribution < -0.4 is 5.32 Å². The molecule has 3 unspecified atom stereocenters. The largest absolute Gasteiger partial charge is 0.313 e. The molecule has 0 aliphatic carbocycles. The lowest BCUT2D eigenvalue weighted by atomic mass is 10.1. The SMILES string of the molecule is CCCNC(C)C(C)N1CCN(CC)C(C)C1. The van der Waals surface area contributed by atoms with E-state index < -0.39 is 0 Å². The summed E-state index contributed by atoms with van der Waals surface area (Å²) in [7, 11) is 0. The fraction of sp³-hybridized carbons (Fsp3) is 1.00. The summed E-state index contributed by atoms with van der Waals surface area (Å²) in [6, 6.07) is 1.94. The van der Waals surface area contributed by atoms with Gasteiger partial charge in [-0.3, -0.25) is 9.80 Å². The summed E-state index contributed by atoms with van der Waals surface area (Å²) in [5.74, 6) is 0. The molecule has 0 aromatic heterocycles. The van der Waals surface area contributed by atoms with E-state index in [2.05, 4.69) is 49.7 Å². The van der Waals surface area contributed by atoms with E-state index in [1.165, 1.54) is 32.6 Å². The molecule has 3 heteroatoms. The van der Waals surface area contributed by atoms with Crippen molar-refractivity contribution in [3.8, 4) is 0 Å². The number of hydrogen-bond donors (Lipinski definition) is 1. The molecule has 1 fully saturated rings. The molecule has 0 amide bonds. The first-order chi connectivity index (χ1) is 8.10. The molecule has 0 saturated carbocycles. The van der Waals surface area contributed by atoms with Gasteiger partial charge in [0.1, 0.15) is 0 Å². The van der Waals surface area contributed by atoms with E-state index >= 15 is 0 Å². The van der Waals surface area contributed by atoms with E-state index in [1.807, 2.05) is 0 Å². The molecule has 1 saturated heterocycles. The van der Waals surface area contributed by atoms with Crippen LogP contribution in [0.5, 0.6) is 0 Å². The van der Waals surface area contributed by atoms with E-state index in [-0.39, 0.29) is 0 Å². The molecule has 0 spiro atoms. The van der Waals surface area contributed by atoms with Crippen molar-refractivity contribution >= 4 is 0 Å². The quantitative estimate of drug-likeness (QED) is 0.765. The van der Waals surface area contributed by atoms with E-state index in [0.717, 1.165) is 6.54 Å². The van der Waals surface area contributed by atoms with Gasteiger partial charge in [-0.15, -0.1) is 0 Å². The third-order valence-corrected chi connectivity index (χ3v) is 4.22. The zero-order valence-electron chi connectivity index (χ0n) is 12.4. The van der Waals surface area contributed by atoms with Crippen LogP contribution in [0.1, 0.15) is 41.0 Å². The second-order valence-electron chi connectivity index (χ2n) is 5.46. The zero-order chi connectivity index (χ0) is 12.8. The van der Waals surface area contributed by atoms with Crippen molar-refractivity contribution in [1.29, 1.82) is 0 Å². The van der Waals surface area contributed by atoms with Crippen LogP contribution in [0.4, 0.5) is 0 Å². The summed E-state index contributed by atoms with van der Waals surface area (Å²) in [6.07, 6.45) is 1.22. The van der Waals surface area contributed by atoms with Gasteiger partial charge in [-0.25, -0.2) is 0 Å². The molecule has 1 N–H and O–H groups in total. The molecule has 0 aromatic rings. The number of nitrogens with zero attached hydrogens (tertiary/aromatic N) is 2. The Bertz CT molecular complexity index is 208. The Morgan fingerprint density at radius 2 is 1.94 bits per heavy atom. The van der Waals surface area contributed by atoms with Crippen molar-refractivity contribution in [2.45, 2.75) is 59.2 Å². The predicted octanol–water partition coefficient (Wildman–Crippen LogP) is 1.79. The zero-order valence-corrected chi connectivity index (χ0v) is 12.4. The summed E-state index contributed by atoms with van der Waals surface area (Å²) < 4.78 is 0. The summed E-state index contributed by atoms with van der Waals surface area (Å²) in [5.41, 5.74) is 0. The highest BCUT2D eigenvalue weighted by atomic mass is 15.3. The average molecular weight is 241 g/mol. The molecule has 1 aliphatic heterocycles. The molecule has 3 atom stereocenters. The third kappa shape index (κ3) is 4.23.